The molecule has 1 aromatic carbocycles. The van der Waals surface area contributed by atoms with Gasteiger partial charge in [-0.15, -0.1) is 0 Å². The molecule has 3 nitrogen and oxygen atoms in total. The van der Waals surface area contributed by atoms with E-state index in [2.05, 4.69) is 30.0 Å². The van der Waals surface area contributed by atoms with Crippen molar-refractivity contribution in [2.45, 2.75) is 50.6 Å². The fourth-order valence-corrected chi connectivity index (χ4v) is 4.24. The van der Waals surface area contributed by atoms with Crippen LogP contribution in [0.4, 0.5) is 0 Å². The molecular weight excluding hydrogens is 248 g/mol. The van der Waals surface area contributed by atoms with E-state index in [4.69, 9.17) is 10.5 Å². The summed E-state index contributed by atoms with van der Waals surface area (Å²) in [6.07, 6.45) is 6.17. The zero-order valence-electron chi connectivity index (χ0n) is 12.7. The van der Waals surface area contributed by atoms with Crippen molar-refractivity contribution in [3.8, 4) is 5.75 Å². The Labute approximate surface area is 122 Å². The number of ether oxygens (including phenoxy) is 1. The zero-order valence-corrected chi connectivity index (χ0v) is 12.7. The molecule has 0 saturated carbocycles. The third-order valence-electron chi connectivity index (χ3n) is 5.30. The van der Waals surface area contributed by atoms with Gasteiger partial charge >= 0.3 is 0 Å². The average Bonchev–Trinajstić information content (AvgIpc) is 2.92. The van der Waals surface area contributed by atoms with Crippen LogP contribution in [0.5, 0.6) is 5.75 Å². The van der Waals surface area contributed by atoms with Gasteiger partial charge in [-0.05, 0) is 68.8 Å². The maximum atomic E-state index is 6.30. The summed E-state index contributed by atoms with van der Waals surface area (Å²) in [6.45, 7) is 4.23. The minimum atomic E-state index is 0.0258. The fraction of sp³-hybridized carbons (Fsp3) is 0.647. The molecule has 2 unspecified atom stereocenters. The average molecular weight is 274 g/mol. The largest absolute Gasteiger partial charge is 0.497 e. The van der Waals surface area contributed by atoms with Crippen LogP contribution in [0.15, 0.2) is 18.2 Å². The van der Waals surface area contributed by atoms with E-state index in [1.54, 1.807) is 7.11 Å². The fourth-order valence-electron chi connectivity index (χ4n) is 4.24. The quantitative estimate of drug-likeness (QED) is 0.921. The van der Waals surface area contributed by atoms with Crippen molar-refractivity contribution < 1.29 is 4.74 Å². The molecule has 2 aliphatic rings. The van der Waals surface area contributed by atoms with Crippen LogP contribution < -0.4 is 10.5 Å². The Hall–Kier alpha value is -1.06. The Balaban J connectivity index is 2.09. The van der Waals surface area contributed by atoms with Crippen LogP contribution in [-0.4, -0.2) is 31.1 Å². The molecule has 3 rings (SSSR count). The van der Waals surface area contributed by atoms with Crippen LogP contribution in [0.2, 0.25) is 0 Å². The van der Waals surface area contributed by atoms with Crippen LogP contribution >= 0.6 is 0 Å². The normalized spacial score (nSPS) is 30.2. The standard InChI is InChI=1S/C17H26N2O/c1-13-5-4-10-19(13)17(12-18)9-3-6-14-7-8-15(20-2)11-16(14)17/h7-8,11,13H,3-6,9-10,12,18H2,1-2H3. The van der Waals surface area contributed by atoms with Crippen LogP contribution in [-0.2, 0) is 12.0 Å². The Bertz CT molecular complexity index is 488. The van der Waals surface area contributed by atoms with Gasteiger partial charge < -0.3 is 10.5 Å². The van der Waals surface area contributed by atoms with Gasteiger partial charge in [0.05, 0.1) is 12.6 Å². The highest BCUT2D eigenvalue weighted by atomic mass is 16.5. The summed E-state index contributed by atoms with van der Waals surface area (Å²) in [5.41, 5.74) is 9.21. The maximum Gasteiger partial charge on any atom is 0.119 e. The summed E-state index contributed by atoms with van der Waals surface area (Å²) in [5, 5.41) is 0. The first kappa shape index (κ1) is 13.9. The predicted octanol–water partition coefficient (Wildman–Crippen LogP) is 2.67. The van der Waals surface area contributed by atoms with Gasteiger partial charge in [-0.1, -0.05) is 6.07 Å². The van der Waals surface area contributed by atoms with Gasteiger partial charge in [0.2, 0.25) is 0 Å². The first-order valence-electron chi connectivity index (χ1n) is 7.85. The Morgan fingerprint density at radius 1 is 1.40 bits per heavy atom. The van der Waals surface area contributed by atoms with E-state index < -0.39 is 0 Å². The number of benzene rings is 1. The highest BCUT2D eigenvalue weighted by Crippen LogP contribution is 2.44. The molecule has 1 fully saturated rings. The molecule has 2 N–H and O–H groups in total. The van der Waals surface area contributed by atoms with E-state index in [1.807, 2.05) is 0 Å². The molecule has 0 amide bonds. The molecular formula is C17H26N2O. The lowest BCUT2D eigenvalue weighted by molar-refractivity contribution is 0.0674. The van der Waals surface area contributed by atoms with Gasteiger partial charge in [0.15, 0.2) is 0 Å². The maximum absolute atomic E-state index is 6.30. The minimum absolute atomic E-state index is 0.0258. The van der Waals surface area contributed by atoms with E-state index in [1.165, 1.54) is 49.8 Å². The molecule has 1 aliphatic carbocycles. The monoisotopic (exact) mass is 274 g/mol. The zero-order chi connectivity index (χ0) is 14.2. The summed E-state index contributed by atoms with van der Waals surface area (Å²) >= 11 is 0. The minimum Gasteiger partial charge on any atom is -0.497 e. The molecule has 1 aromatic rings. The van der Waals surface area contributed by atoms with Gasteiger partial charge in [0, 0.05) is 12.6 Å². The molecule has 3 heteroatoms. The highest BCUT2D eigenvalue weighted by molar-refractivity contribution is 5.42. The number of likely N-dealkylation sites (tertiary alicyclic amines) is 1. The Morgan fingerprint density at radius 3 is 2.90 bits per heavy atom. The third kappa shape index (κ3) is 2.04. The molecule has 110 valence electrons. The summed E-state index contributed by atoms with van der Waals surface area (Å²) < 4.78 is 5.45. The molecule has 1 heterocycles. The summed E-state index contributed by atoms with van der Waals surface area (Å²) in [5.74, 6) is 0.954. The lowest BCUT2D eigenvalue weighted by atomic mass is 9.75. The predicted molar refractivity (Wildman–Crippen MR) is 82.1 cm³/mol. The lowest BCUT2D eigenvalue weighted by Gasteiger charge is -2.47. The molecule has 20 heavy (non-hydrogen) atoms. The van der Waals surface area contributed by atoms with Crippen molar-refractivity contribution in [3.63, 3.8) is 0 Å². The molecule has 2 atom stereocenters. The van der Waals surface area contributed by atoms with Crippen molar-refractivity contribution in [3.05, 3.63) is 29.3 Å². The molecule has 0 spiro atoms. The second-order valence-electron chi connectivity index (χ2n) is 6.30. The van der Waals surface area contributed by atoms with E-state index in [-0.39, 0.29) is 5.54 Å². The van der Waals surface area contributed by atoms with E-state index in [0.717, 1.165) is 5.75 Å². The van der Waals surface area contributed by atoms with Crippen LogP contribution in [0.3, 0.4) is 0 Å². The Kier molecular flexibility index (Phi) is 3.74. The lowest BCUT2D eigenvalue weighted by Crippen LogP contribution is -2.54. The van der Waals surface area contributed by atoms with Gasteiger partial charge in [-0.3, -0.25) is 4.90 Å². The second-order valence-corrected chi connectivity index (χ2v) is 6.30. The number of rotatable bonds is 3. The molecule has 1 saturated heterocycles. The molecule has 0 bridgehead atoms. The number of aryl methyl sites for hydroxylation is 1. The summed E-state index contributed by atoms with van der Waals surface area (Å²) in [7, 11) is 1.74. The van der Waals surface area contributed by atoms with E-state index in [9.17, 15) is 0 Å². The van der Waals surface area contributed by atoms with Gasteiger partial charge in [0.1, 0.15) is 5.75 Å². The van der Waals surface area contributed by atoms with Crippen molar-refractivity contribution in [1.82, 2.24) is 4.90 Å². The summed E-state index contributed by atoms with van der Waals surface area (Å²) in [4.78, 5) is 2.66. The smallest absolute Gasteiger partial charge is 0.119 e. The number of fused-ring (bicyclic) bond motifs is 1. The van der Waals surface area contributed by atoms with Gasteiger partial charge in [-0.2, -0.15) is 0 Å². The van der Waals surface area contributed by atoms with Crippen molar-refractivity contribution in [2.24, 2.45) is 5.73 Å². The first-order valence-corrected chi connectivity index (χ1v) is 7.85. The highest BCUT2D eigenvalue weighted by Gasteiger charge is 2.44. The van der Waals surface area contributed by atoms with Crippen LogP contribution in [0.1, 0.15) is 43.7 Å². The SMILES string of the molecule is COc1ccc2c(c1)C(CN)(N1CCCC1C)CCC2. The molecule has 1 aliphatic heterocycles. The number of hydrogen-bond acceptors (Lipinski definition) is 3. The van der Waals surface area contributed by atoms with E-state index >= 15 is 0 Å². The van der Waals surface area contributed by atoms with E-state index in [0.29, 0.717) is 12.6 Å². The number of nitrogens with zero attached hydrogens (tertiary/aromatic N) is 1. The van der Waals surface area contributed by atoms with Gasteiger partial charge in [0.25, 0.3) is 0 Å². The summed E-state index contributed by atoms with van der Waals surface area (Å²) in [6, 6.07) is 7.18. The number of methoxy groups -OCH3 is 1. The topological polar surface area (TPSA) is 38.5 Å². The first-order chi connectivity index (χ1) is 9.71. The number of nitrogens with two attached hydrogens (primary N) is 1. The van der Waals surface area contributed by atoms with Gasteiger partial charge in [-0.25, -0.2) is 0 Å². The number of hydrogen-bond donors (Lipinski definition) is 1. The molecule has 0 aromatic heterocycles. The van der Waals surface area contributed by atoms with Crippen molar-refractivity contribution >= 4 is 0 Å². The third-order valence-corrected chi connectivity index (χ3v) is 5.30. The van der Waals surface area contributed by atoms with Crippen LogP contribution in [0, 0.1) is 0 Å². The van der Waals surface area contributed by atoms with Crippen molar-refractivity contribution in [1.29, 1.82) is 0 Å². The van der Waals surface area contributed by atoms with Crippen molar-refractivity contribution in [2.75, 3.05) is 20.2 Å². The Morgan fingerprint density at radius 2 is 2.25 bits per heavy atom. The second kappa shape index (κ2) is 5.38. The molecule has 0 radical (unpaired) electrons. The van der Waals surface area contributed by atoms with Crippen LogP contribution in [0.25, 0.3) is 0 Å².